The van der Waals surface area contributed by atoms with Crippen LogP contribution in [-0.4, -0.2) is 70.1 Å². The number of fused-ring (bicyclic) bond motifs is 3. The van der Waals surface area contributed by atoms with Gasteiger partial charge < -0.3 is 14.2 Å². The molecular formula is C38H44N4O3. The minimum atomic E-state index is -0.423. The van der Waals surface area contributed by atoms with Crippen LogP contribution >= 0.6 is 0 Å². The molecule has 4 heterocycles. The summed E-state index contributed by atoms with van der Waals surface area (Å²) < 4.78 is 7.39. The van der Waals surface area contributed by atoms with Crippen LogP contribution in [0.5, 0.6) is 0 Å². The third-order valence-electron chi connectivity index (χ3n) is 11.0. The van der Waals surface area contributed by atoms with Gasteiger partial charge in [-0.2, -0.15) is 0 Å². The van der Waals surface area contributed by atoms with Gasteiger partial charge in [0.2, 0.25) is 0 Å². The fourth-order valence-corrected chi connectivity index (χ4v) is 8.67. The van der Waals surface area contributed by atoms with E-state index in [0.29, 0.717) is 42.3 Å². The molecule has 45 heavy (non-hydrogen) atoms. The summed E-state index contributed by atoms with van der Waals surface area (Å²) >= 11 is 0. The smallest absolute Gasteiger partial charge is 0.337 e. The van der Waals surface area contributed by atoms with Gasteiger partial charge in [0.05, 0.1) is 23.7 Å². The van der Waals surface area contributed by atoms with Crippen LogP contribution in [0.2, 0.25) is 0 Å². The maximum atomic E-state index is 13.6. The van der Waals surface area contributed by atoms with Gasteiger partial charge in [-0.15, -0.1) is 0 Å². The number of rotatable bonds is 7. The Kier molecular flexibility index (Phi) is 7.98. The Morgan fingerprint density at radius 1 is 0.867 bits per heavy atom. The third kappa shape index (κ3) is 5.56. The summed E-state index contributed by atoms with van der Waals surface area (Å²) in [6.07, 6.45) is 7.88. The molecule has 0 N–H and O–H groups in total. The molecule has 0 radical (unpaired) electrons. The number of para-hydroxylation sites is 2. The zero-order valence-corrected chi connectivity index (χ0v) is 26.7. The number of piperidine rings is 2. The maximum Gasteiger partial charge on any atom is 0.337 e. The van der Waals surface area contributed by atoms with Gasteiger partial charge in [0.25, 0.3) is 5.91 Å². The minimum absolute atomic E-state index is 0.0129. The van der Waals surface area contributed by atoms with E-state index in [-0.39, 0.29) is 11.3 Å². The van der Waals surface area contributed by atoms with Crippen molar-refractivity contribution >= 4 is 22.9 Å². The van der Waals surface area contributed by atoms with Crippen molar-refractivity contribution in [2.45, 2.75) is 82.3 Å². The average Bonchev–Trinajstić information content (AvgIpc) is 3.53. The van der Waals surface area contributed by atoms with Gasteiger partial charge in [-0.3, -0.25) is 9.69 Å². The van der Waals surface area contributed by atoms with E-state index in [2.05, 4.69) is 71.8 Å². The summed E-state index contributed by atoms with van der Waals surface area (Å²) in [7, 11) is 1.36. The van der Waals surface area contributed by atoms with Crippen LogP contribution in [0.25, 0.3) is 11.0 Å². The zero-order chi connectivity index (χ0) is 31.1. The van der Waals surface area contributed by atoms with E-state index >= 15 is 0 Å². The van der Waals surface area contributed by atoms with Gasteiger partial charge in [0.1, 0.15) is 5.82 Å². The van der Waals surface area contributed by atoms with E-state index in [1.807, 2.05) is 4.90 Å². The predicted molar refractivity (Wildman–Crippen MR) is 177 cm³/mol. The third-order valence-corrected chi connectivity index (χ3v) is 11.0. The topological polar surface area (TPSA) is 67.7 Å². The second-order valence-corrected chi connectivity index (χ2v) is 13.5. The molecule has 7 rings (SSSR count). The Bertz CT molecular complexity index is 1700. The maximum absolute atomic E-state index is 13.6. The summed E-state index contributed by atoms with van der Waals surface area (Å²) in [5.41, 5.74) is 6.05. The molecule has 0 saturated carbocycles. The first kappa shape index (κ1) is 29.7. The number of imidazole rings is 1. The lowest BCUT2D eigenvalue weighted by Crippen LogP contribution is -2.49. The lowest BCUT2D eigenvalue weighted by atomic mass is 9.70. The number of carbonyl (C=O) groups excluding carboxylic acids is 2. The highest BCUT2D eigenvalue weighted by Gasteiger charge is 2.44. The average molecular weight is 605 g/mol. The highest BCUT2D eigenvalue weighted by Crippen LogP contribution is 2.45. The molecule has 2 bridgehead atoms. The molecule has 1 unspecified atom stereocenters. The van der Waals surface area contributed by atoms with Crippen LogP contribution in [0.4, 0.5) is 0 Å². The van der Waals surface area contributed by atoms with E-state index < -0.39 is 5.97 Å². The molecule has 1 amide bonds. The highest BCUT2D eigenvalue weighted by molar-refractivity contribution is 5.98. The summed E-state index contributed by atoms with van der Waals surface area (Å²) in [4.78, 5) is 35.3. The van der Waals surface area contributed by atoms with Crippen molar-refractivity contribution in [3.8, 4) is 0 Å². The predicted octanol–water partition coefficient (Wildman–Crippen LogP) is 6.87. The van der Waals surface area contributed by atoms with Crippen LogP contribution in [0.15, 0.2) is 72.8 Å². The minimum Gasteiger partial charge on any atom is -0.465 e. The van der Waals surface area contributed by atoms with E-state index in [1.54, 1.807) is 24.3 Å². The van der Waals surface area contributed by atoms with E-state index in [0.717, 1.165) is 37.1 Å². The van der Waals surface area contributed by atoms with Gasteiger partial charge in [-0.1, -0.05) is 48.0 Å². The number of hydrogen-bond donors (Lipinski definition) is 0. The van der Waals surface area contributed by atoms with Gasteiger partial charge in [0.15, 0.2) is 0 Å². The normalized spacial score (nSPS) is 22.9. The van der Waals surface area contributed by atoms with Crippen molar-refractivity contribution in [2.75, 3.05) is 26.7 Å². The number of aryl methyl sites for hydroxylation is 2. The number of amides is 1. The lowest BCUT2D eigenvalue weighted by Gasteiger charge is -2.46. The van der Waals surface area contributed by atoms with Gasteiger partial charge in [0, 0.05) is 36.8 Å². The van der Waals surface area contributed by atoms with Crippen LogP contribution in [0, 0.1) is 13.8 Å². The van der Waals surface area contributed by atoms with E-state index in [4.69, 9.17) is 9.72 Å². The van der Waals surface area contributed by atoms with E-state index in [1.165, 1.54) is 49.4 Å². The van der Waals surface area contributed by atoms with E-state index in [9.17, 15) is 9.59 Å². The number of benzene rings is 3. The van der Waals surface area contributed by atoms with Gasteiger partial charge >= 0.3 is 5.97 Å². The summed E-state index contributed by atoms with van der Waals surface area (Å²) in [6, 6.07) is 26.2. The Morgan fingerprint density at radius 3 is 2.31 bits per heavy atom. The summed E-state index contributed by atoms with van der Waals surface area (Å²) in [5.74, 6) is 0.695. The number of likely N-dealkylation sites (tertiary alicyclic amines) is 1. The largest absolute Gasteiger partial charge is 0.465 e. The van der Waals surface area contributed by atoms with Gasteiger partial charge in [-0.25, -0.2) is 9.78 Å². The van der Waals surface area contributed by atoms with Crippen molar-refractivity contribution in [1.29, 1.82) is 0 Å². The number of methoxy groups -OCH3 is 1. The lowest BCUT2D eigenvalue weighted by molar-refractivity contribution is 0.0600. The van der Waals surface area contributed by atoms with Crippen LogP contribution in [0.1, 0.15) is 88.7 Å². The number of carbonyl (C=O) groups is 2. The highest BCUT2D eigenvalue weighted by atomic mass is 16.5. The number of hydrogen-bond acceptors (Lipinski definition) is 5. The molecule has 0 spiro atoms. The first-order chi connectivity index (χ1) is 21.8. The molecule has 3 atom stereocenters. The van der Waals surface area contributed by atoms with Crippen LogP contribution in [0.3, 0.4) is 0 Å². The molecule has 3 fully saturated rings. The fraction of sp³-hybridized carbons (Fsp3) is 0.447. The monoisotopic (exact) mass is 604 g/mol. The Balaban J connectivity index is 1.07. The molecule has 1 aromatic heterocycles. The number of ether oxygens (including phenoxy) is 1. The fourth-order valence-electron chi connectivity index (χ4n) is 8.67. The van der Waals surface area contributed by atoms with Crippen molar-refractivity contribution in [1.82, 2.24) is 19.4 Å². The van der Waals surface area contributed by atoms with Crippen molar-refractivity contribution in [3.05, 3.63) is 101 Å². The quantitative estimate of drug-likeness (QED) is 0.215. The number of aromatic nitrogens is 2. The first-order valence-corrected chi connectivity index (χ1v) is 16.6. The molecule has 0 aliphatic carbocycles. The zero-order valence-electron chi connectivity index (χ0n) is 26.7. The number of nitrogens with zero attached hydrogens (tertiary/aromatic N) is 4. The van der Waals surface area contributed by atoms with Crippen molar-refractivity contribution < 1.29 is 14.3 Å². The molecule has 3 aliphatic heterocycles. The van der Waals surface area contributed by atoms with Gasteiger partial charge in [-0.05, 0) is 107 Å². The summed E-state index contributed by atoms with van der Waals surface area (Å²) in [6.45, 7) is 6.84. The van der Waals surface area contributed by atoms with Crippen LogP contribution < -0.4 is 0 Å². The molecule has 7 nitrogen and oxygen atoms in total. The molecule has 3 aliphatic rings. The molecule has 234 valence electrons. The molecule has 7 heteroatoms. The second-order valence-electron chi connectivity index (χ2n) is 13.5. The Morgan fingerprint density at radius 2 is 1.58 bits per heavy atom. The Hall–Kier alpha value is -3.97. The molecule has 4 aromatic rings. The van der Waals surface area contributed by atoms with Crippen molar-refractivity contribution in [2.24, 2.45) is 0 Å². The SMILES string of the molecule is COC(=O)c1cccc(C(=O)N2CCC(CCN3[C@@H]4CC[C@H]3CC(n3c(C)nc5ccccc53)C4)(c3cccc(C)c3)CC2)c1. The Labute approximate surface area is 266 Å². The van der Waals surface area contributed by atoms with Crippen molar-refractivity contribution in [3.63, 3.8) is 0 Å². The summed E-state index contributed by atoms with van der Waals surface area (Å²) in [5, 5.41) is 0. The first-order valence-electron chi connectivity index (χ1n) is 16.6. The molecular weight excluding hydrogens is 560 g/mol. The number of esters is 1. The standard InChI is InChI=1S/C38H44N4O3/c1-26-8-6-11-30(22-26)38(16-19-40(20-17-38)36(43)28-9-7-10-29(23-28)37(44)45-3)18-21-41-31-14-15-32(41)25-33(24-31)42-27(2)39-34-12-4-5-13-35(34)42/h4-13,22-23,31-33H,14-21,24-25H2,1-3H3/t31-,32+,33?. The molecule has 3 aromatic carbocycles. The second kappa shape index (κ2) is 12.1. The van der Waals surface area contributed by atoms with Crippen LogP contribution in [-0.2, 0) is 10.2 Å². The molecule has 3 saturated heterocycles.